The van der Waals surface area contributed by atoms with Crippen LogP contribution >= 0.6 is 0 Å². The van der Waals surface area contributed by atoms with E-state index in [1.54, 1.807) is 6.07 Å². The molecule has 2 atom stereocenters. The molecular formula is C23H27NO4. The van der Waals surface area contributed by atoms with Crippen molar-refractivity contribution in [3.63, 3.8) is 0 Å². The predicted octanol–water partition coefficient (Wildman–Crippen LogP) is 4.53. The molecule has 0 radical (unpaired) electrons. The number of amides is 1. The van der Waals surface area contributed by atoms with Gasteiger partial charge in [-0.3, -0.25) is 9.59 Å². The summed E-state index contributed by atoms with van der Waals surface area (Å²) in [4.78, 5) is 24.2. The Morgan fingerprint density at radius 2 is 1.64 bits per heavy atom. The Balaban J connectivity index is 1.57. The smallest absolute Gasteiger partial charge is 0.307 e. The molecule has 2 aromatic rings. The summed E-state index contributed by atoms with van der Waals surface area (Å²) in [5.41, 5.74) is 1.87. The second kappa shape index (κ2) is 9.93. The van der Waals surface area contributed by atoms with Crippen molar-refractivity contribution in [3.8, 4) is 5.75 Å². The molecule has 5 nitrogen and oxygen atoms in total. The van der Waals surface area contributed by atoms with Gasteiger partial charge in [0.25, 0.3) is 0 Å². The molecule has 0 spiro atoms. The van der Waals surface area contributed by atoms with Crippen molar-refractivity contribution in [2.24, 2.45) is 11.8 Å². The van der Waals surface area contributed by atoms with Crippen LogP contribution in [0.2, 0.25) is 0 Å². The van der Waals surface area contributed by atoms with Crippen LogP contribution in [-0.4, -0.2) is 23.6 Å². The van der Waals surface area contributed by atoms with Crippen molar-refractivity contribution in [3.05, 3.63) is 60.2 Å². The van der Waals surface area contributed by atoms with E-state index in [1.807, 2.05) is 36.4 Å². The van der Waals surface area contributed by atoms with E-state index in [-0.39, 0.29) is 5.91 Å². The molecular weight excluding hydrogens is 354 g/mol. The largest absolute Gasteiger partial charge is 0.491 e. The predicted molar refractivity (Wildman–Crippen MR) is 108 cm³/mol. The number of hydrogen-bond donors (Lipinski definition) is 2. The van der Waals surface area contributed by atoms with Crippen LogP contribution in [0.4, 0.5) is 5.69 Å². The quantitative estimate of drug-likeness (QED) is 0.659. The molecule has 1 fully saturated rings. The molecule has 0 heterocycles. The van der Waals surface area contributed by atoms with Crippen LogP contribution in [0, 0.1) is 11.8 Å². The number of benzene rings is 2. The van der Waals surface area contributed by atoms with Gasteiger partial charge in [0.05, 0.1) is 24.1 Å². The molecule has 1 amide bonds. The normalized spacial score (nSPS) is 19.0. The third-order valence-corrected chi connectivity index (χ3v) is 5.28. The topological polar surface area (TPSA) is 75.6 Å². The van der Waals surface area contributed by atoms with E-state index in [0.29, 0.717) is 30.9 Å². The summed E-state index contributed by atoms with van der Waals surface area (Å²) in [6.45, 7) is 0.545. The molecule has 0 aromatic heterocycles. The van der Waals surface area contributed by atoms with E-state index in [4.69, 9.17) is 4.74 Å². The van der Waals surface area contributed by atoms with Crippen molar-refractivity contribution in [2.45, 2.75) is 38.5 Å². The lowest BCUT2D eigenvalue weighted by atomic mass is 9.78. The molecule has 3 rings (SSSR count). The Bertz CT molecular complexity index is 790. The Morgan fingerprint density at radius 1 is 0.964 bits per heavy atom. The molecule has 0 aliphatic heterocycles. The van der Waals surface area contributed by atoms with Gasteiger partial charge >= 0.3 is 5.97 Å². The second-order valence-corrected chi connectivity index (χ2v) is 7.26. The summed E-state index contributed by atoms with van der Waals surface area (Å²) in [6.07, 6.45) is 4.73. The Kier molecular flexibility index (Phi) is 7.06. The summed E-state index contributed by atoms with van der Waals surface area (Å²) < 4.78 is 5.89. The van der Waals surface area contributed by atoms with Crippen molar-refractivity contribution < 1.29 is 19.4 Å². The highest BCUT2D eigenvalue weighted by atomic mass is 16.5. The van der Waals surface area contributed by atoms with Crippen LogP contribution < -0.4 is 10.1 Å². The number of aliphatic carboxylic acids is 1. The zero-order valence-electron chi connectivity index (χ0n) is 16.0. The SMILES string of the molecule is O=C(O)C1CCCCC1C(=O)Nc1ccccc1OCCCc1ccccc1. The number of carboxylic acid groups (broad SMARTS) is 1. The Hall–Kier alpha value is -2.82. The lowest BCUT2D eigenvalue weighted by Gasteiger charge is -2.27. The highest BCUT2D eigenvalue weighted by molar-refractivity contribution is 5.96. The third kappa shape index (κ3) is 5.35. The molecule has 2 aromatic carbocycles. The highest BCUT2D eigenvalue weighted by Crippen LogP contribution is 2.32. The monoisotopic (exact) mass is 381 g/mol. The number of carbonyl (C=O) groups excluding carboxylic acids is 1. The van der Waals surface area contributed by atoms with Gasteiger partial charge < -0.3 is 15.2 Å². The average Bonchev–Trinajstić information content (AvgIpc) is 2.73. The van der Waals surface area contributed by atoms with Gasteiger partial charge in [-0.2, -0.15) is 0 Å². The number of anilines is 1. The van der Waals surface area contributed by atoms with Crippen molar-refractivity contribution in [2.75, 3.05) is 11.9 Å². The fraction of sp³-hybridized carbons (Fsp3) is 0.391. The molecule has 1 saturated carbocycles. The van der Waals surface area contributed by atoms with E-state index in [2.05, 4.69) is 17.4 Å². The van der Waals surface area contributed by atoms with Gasteiger partial charge in [-0.1, -0.05) is 55.3 Å². The number of para-hydroxylation sites is 2. The second-order valence-electron chi connectivity index (χ2n) is 7.26. The molecule has 28 heavy (non-hydrogen) atoms. The van der Waals surface area contributed by atoms with E-state index in [9.17, 15) is 14.7 Å². The standard InChI is InChI=1S/C23H27NO4/c25-22(18-12-4-5-13-19(18)23(26)27)24-20-14-6-7-15-21(20)28-16-8-11-17-9-2-1-3-10-17/h1-3,6-7,9-10,14-15,18-19H,4-5,8,11-13,16H2,(H,24,25)(H,26,27). The number of nitrogens with one attached hydrogen (secondary N) is 1. The first-order chi connectivity index (χ1) is 13.6. The van der Waals surface area contributed by atoms with Gasteiger partial charge in [-0.05, 0) is 43.4 Å². The zero-order chi connectivity index (χ0) is 19.8. The Labute approximate surface area is 165 Å². The molecule has 2 N–H and O–H groups in total. The fourth-order valence-electron chi connectivity index (χ4n) is 3.76. The number of aryl methyl sites for hydroxylation is 1. The minimum atomic E-state index is -0.884. The van der Waals surface area contributed by atoms with Gasteiger partial charge in [-0.25, -0.2) is 0 Å². The molecule has 1 aliphatic rings. The molecule has 0 saturated heterocycles. The van der Waals surface area contributed by atoms with Crippen molar-refractivity contribution >= 4 is 17.6 Å². The van der Waals surface area contributed by atoms with Crippen molar-refractivity contribution in [1.82, 2.24) is 0 Å². The minimum absolute atomic E-state index is 0.229. The lowest BCUT2D eigenvalue weighted by molar-refractivity contribution is -0.147. The maximum absolute atomic E-state index is 12.7. The Morgan fingerprint density at radius 3 is 2.39 bits per heavy atom. The summed E-state index contributed by atoms with van der Waals surface area (Å²) in [5, 5.41) is 12.3. The first-order valence-electron chi connectivity index (χ1n) is 9.94. The molecule has 2 unspecified atom stereocenters. The van der Waals surface area contributed by atoms with Gasteiger partial charge in [-0.15, -0.1) is 0 Å². The van der Waals surface area contributed by atoms with E-state index in [0.717, 1.165) is 25.7 Å². The van der Waals surface area contributed by atoms with Gasteiger partial charge in [0, 0.05) is 0 Å². The van der Waals surface area contributed by atoms with E-state index < -0.39 is 17.8 Å². The summed E-state index contributed by atoms with van der Waals surface area (Å²) in [5.74, 6) is -1.59. The minimum Gasteiger partial charge on any atom is -0.491 e. The zero-order valence-corrected chi connectivity index (χ0v) is 16.0. The van der Waals surface area contributed by atoms with Crippen LogP contribution in [0.1, 0.15) is 37.7 Å². The van der Waals surface area contributed by atoms with Gasteiger partial charge in [0.2, 0.25) is 5.91 Å². The molecule has 148 valence electrons. The highest BCUT2D eigenvalue weighted by Gasteiger charge is 2.35. The number of ether oxygens (including phenoxy) is 1. The summed E-state index contributed by atoms with van der Waals surface area (Å²) >= 11 is 0. The average molecular weight is 381 g/mol. The van der Waals surface area contributed by atoms with Crippen LogP contribution in [0.15, 0.2) is 54.6 Å². The van der Waals surface area contributed by atoms with Crippen LogP contribution in [0.5, 0.6) is 5.75 Å². The number of carbonyl (C=O) groups is 2. The molecule has 1 aliphatic carbocycles. The van der Waals surface area contributed by atoms with Gasteiger partial charge in [0.15, 0.2) is 0 Å². The van der Waals surface area contributed by atoms with E-state index >= 15 is 0 Å². The van der Waals surface area contributed by atoms with Crippen molar-refractivity contribution in [1.29, 1.82) is 0 Å². The molecule has 5 heteroatoms. The molecule has 0 bridgehead atoms. The number of carboxylic acids is 1. The fourth-order valence-corrected chi connectivity index (χ4v) is 3.76. The van der Waals surface area contributed by atoms with E-state index in [1.165, 1.54) is 5.56 Å². The maximum atomic E-state index is 12.7. The first-order valence-corrected chi connectivity index (χ1v) is 9.94. The maximum Gasteiger partial charge on any atom is 0.307 e. The first kappa shape index (κ1) is 19.9. The number of hydrogen-bond acceptors (Lipinski definition) is 3. The number of rotatable bonds is 8. The van der Waals surface area contributed by atoms with Crippen LogP contribution in [-0.2, 0) is 16.0 Å². The van der Waals surface area contributed by atoms with Gasteiger partial charge in [0.1, 0.15) is 5.75 Å². The van der Waals surface area contributed by atoms with Crippen LogP contribution in [0.3, 0.4) is 0 Å². The lowest BCUT2D eigenvalue weighted by Crippen LogP contribution is -2.36. The summed E-state index contributed by atoms with van der Waals surface area (Å²) in [7, 11) is 0. The van der Waals surface area contributed by atoms with Crippen LogP contribution in [0.25, 0.3) is 0 Å². The third-order valence-electron chi connectivity index (χ3n) is 5.28. The summed E-state index contributed by atoms with van der Waals surface area (Å²) in [6, 6.07) is 17.6.